The average Bonchev–Trinajstić information content (AvgIpc) is 2.96. The third kappa shape index (κ3) is 3.87. The summed E-state index contributed by atoms with van der Waals surface area (Å²) in [5.41, 5.74) is 10.9. The fraction of sp³-hybridized carbons (Fsp3) is 0.0588. The Balaban J connectivity index is 1.77. The quantitative estimate of drug-likeness (QED) is 0.383. The highest BCUT2D eigenvalue weighted by atomic mass is 32.1. The first kappa shape index (κ1) is 15.1. The molecule has 0 unspecified atom stereocenters. The van der Waals surface area contributed by atoms with Gasteiger partial charge in [0.25, 0.3) is 0 Å². The van der Waals surface area contributed by atoms with Crippen LogP contribution in [0, 0.1) is 0 Å². The minimum atomic E-state index is 0.132. The fourth-order valence-electron chi connectivity index (χ4n) is 2.22. The van der Waals surface area contributed by atoms with Crippen molar-refractivity contribution in [3.05, 3.63) is 65.9 Å². The van der Waals surface area contributed by atoms with Gasteiger partial charge in [0.2, 0.25) is 0 Å². The minimum Gasteiger partial charge on any atom is -0.489 e. The number of nitrogens with zero attached hydrogens (tertiary/aromatic N) is 1. The summed E-state index contributed by atoms with van der Waals surface area (Å²) in [6.07, 6.45) is 3.54. The van der Waals surface area contributed by atoms with E-state index in [2.05, 4.69) is 15.5 Å². The summed E-state index contributed by atoms with van der Waals surface area (Å²) in [6.45, 7) is 0.531. The number of rotatable bonds is 5. The molecule has 0 bridgehead atoms. The summed E-state index contributed by atoms with van der Waals surface area (Å²) in [5, 5.41) is 5.13. The topological polar surface area (TPSA) is 75.4 Å². The second kappa shape index (κ2) is 6.93. The first-order valence-electron chi connectivity index (χ1n) is 7.09. The van der Waals surface area contributed by atoms with Gasteiger partial charge in [0.05, 0.1) is 6.21 Å². The van der Waals surface area contributed by atoms with Crippen LogP contribution >= 0.6 is 12.2 Å². The second-order valence-electron chi connectivity index (χ2n) is 4.96. The third-order valence-corrected chi connectivity index (χ3v) is 3.40. The maximum atomic E-state index is 5.85. The lowest BCUT2D eigenvalue weighted by Gasteiger charge is -2.06. The van der Waals surface area contributed by atoms with E-state index in [9.17, 15) is 0 Å². The highest BCUT2D eigenvalue weighted by Crippen LogP contribution is 2.23. The van der Waals surface area contributed by atoms with Gasteiger partial charge in [0.15, 0.2) is 5.11 Å². The Morgan fingerprint density at radius 2 is 2.09 bits per heavy atom. The molecule has 5 nitrogen and oxygen atoms in total. The zero-order chi connectivity index (χ0) is 16.1. The molecule has 1 heterocycles. The van der Waals surface area contributed by atoms with Gasteiger partial charge in [0, 0.05) is 22.7 Å². The Labute approximate surface area is 139 Å². The van der Waals surface area contributed by atoms with Gasteiger partial charge in [-0.15, -0.1) is 0 Å². The van der Waals surface area contributed by atoms with Gasteiger partial charge in [-0.2, -0.15) is 5.10 Å². The zero-order valence-electron chi connectivity index (χ0n) is 12.3. The predicted octanol–water partition coefficient (Wildman–Crippen LogP) is 2.91. The number of thiocarbonyl (C=S) groups is 1. The van der Waals surface area contributed by atoms with Crippen LogP contribution in [0.3, 0.4) is 0 Å². The van der Waals surface area contributed by atoms with Gasteiger partial charge in [-0.3, -0.25) is 5.43 Å². The Kier molecular flexibility index (Phi) is 4.54. The molecular weight excluding hydrogens is 308 g/mol. The van der Waals surface area contributed by atoms with Crippen LogP contribution in [-0.2, 0) is 6.61 Å². The number of nitrogens with two attached hydrogens (primary N) is 1. The van der Waals surface area contributed by atoms with Crippen molar-refractivity contribution in [1.29, 1.82) is 0 Å². The van der Waals surface area contributed by atoms with E-state index in [0.717, 1.165) is 27.8 Å². The minimum absolute atomic E-state index is 0.132. The molecule has 2 aromatic carbocycles. The van der Waals surface area contributed by atoms with Gasteiger partial charge in [-0.05, 0) is 36.0 Å². The third-order valence-electron chi connectivity index (χ3n) is 3.31. The Hall–Kier alpha value is -2.86. The van der Waals surface area contributed by atoms with Gasteiger partial charge in [0.1, 0.15) is 12.4 Å². The van der Waals surface area contributed by atoms with Crippen molar-refractivity contribution >= 4 is 34.4 Å². The molecule has 116 valence electrons. The van der Waals surface area contributed by atoms with Gasteiger partial charge < -0.3 is 15.5 Å². The number of H-pyrrole nitrogens is 1. The van der Waals surface area contributed by atoms with E-state index in [1.54, 1.807) is 6.21 Å². The summed E-state index contributed by atoms with van der Waals surface area (Å²) < 4.78 is 5.85. The van der Waals surface area contributed by atoms with E-state index >= 15 is 0 Å². The van der Waals surface area contributed by atoms with Crippen LogP contribution in [0.25, 0.3) is 10.9 Å². The lowest BCUT2D eigenvalue weighted by molar-refractivity contribution is 0.306. The van der Waals surface area contributed by atoms with Gasteiger partial charge in [-0.25, -0.2) is 0 Å². The number of hydrazone groups is 1. The van der Waals surface area contributed by atoms with Crippen LogP contribution in [0.4, 0.5) is 0 Å². The van der Waals surface area contributed by atoms with Crippen molar-refractivity contribution in [2.45, 2.75) is 6.61 Å². The number of ether oxygens (including phenoxy) is 1. The van der Waals surface area contributed by atoms with Crippen LogP contribution in [0.15, 0.2) is 59.8 Å². The van der Waals surface area contributed by atoms with E-state index in [1.165, 1.54) is 0 Å². The number of benzene rings is 2. The highest BCUT2D eigenvalue weighted by Gasteiger charge is 2.04. The molecule has 3 rings (SSSR count). The Bertz CT molecular complexity index is 842. The van der Waals surface area contributed by atoms with E-state index in [4.69, 9.17) is 22.7 Å². The number of aromatic nitrogens is 1. The van der Waals surface area contributed by atoms with E-state index in [1.807, 2.05) is 54.7 Å². The lowest BCUT2D eigenvalue weighted by Crippen LogP contribution is -2.23. The summed E-state index contributed by atoms with van der Waals surface area (Å²) in [5.74, 6) is 0.804. The molecule has 6 heteroatoms. The number of fused-ring (bicyclic) bond motifs is 1. The zero-order valence-corrected chi connectivity index (χ0v) is 13.1. The van der Waals surface area contributed by atoms with Crippen molar-refractivity contribution in [2.24, 2.45) is 10.8 Å². The summed E-state index contributed by atoms with van der Waals surface area (Å²) in [4.78, 5) is 3.19. The first-order chi connectivity index (χ1) is 11.2. The van der Waals surface area contributed by atoms with Crippen molar-refractivity contribution in [2.75, 3.05) is 0 Å². The highest BCUT2D eigenvalue weighted by molar-refractivity contribution is 7.80. The van der Waals surface area contributed by atoms with Crippen LogP contribution < -0.4 is 15.9 Å². The SMILES string of the molecule is NC(=S)N/N=C\c1c[nH]c2ccc(OCc3ccccc3)cc12. The number of hydrogen-bond acceptors (Lipinski definition) is 3. The van der Waals surface area contributed by atoms with Crippen LogP contribution in [0.2, 0.25) is 0 Å². The smallest absolute Gasteiger partial charge is 0.184 e. The Morgan fingerprint density at radius 3 is 2.87 bits per heavy atom. The molecule has 0 fully saturated rings. The van der Waals surface area contributed by atoms with Crippen molar-refractivity contribution in [3.63, 3.8) is 0 Å². The van der Waals surface area contributed by atoms with Crippen molar-refractivity contribution in [1.82, 2.24) is 10.4 Å². The van der Waals surface area contributed by atoms with Crippen LogP contribution in [-0.4, -0.2) is 16.3 Å². The molecule has 0 aliphatic rings. The number of nitrogens with one attached hydrogen (secondary N) is 2. The van der Waals surface area contributed by atoms with Crippen molar-refractivity contribution in [3.8, 4) is 5.75 Å². The van der Waals surface area contributed by atoms with E-state index in [0.29, 0.717) is 6.61 Å². The van der Waals surface area contributed by atoms with Gasteiger partial charge in [-0.1, -0.05) is 30.3 Å². The predicted molar refractivity (Wildman–Crippen MR) is 96.6 cm³/mol. The van der Waals surface area contributed by atoms with Gasteiger partial charge >= 0.3 is 0 Å². The van der Waals surface area contributed by atoms with E-state index in [-0.39, 0.29) is 5.11 Å². The lowest BCUT2D eigenvalue weighted by atomic mass is 10.2. The largest absolute Gasteiger partial charge is 0.489 e. The molecule has 0 amide bonds. The molecule has 0 saturated carbocycles. The molecule has 3 aromatic rings. The molecule has 23 heavy (non-hydrogen) atoms. The van der Waals surface area contributed by atoms with Crippen LogP contribution in [0.1, 0.15) is 11.1 Å². The molecule has 0 spiro atoms. The molecule has 1 aromatic heterocycles. The number of aromatic amines is 1. The maximum Gasteiger partial charge on any atom is 0.184 e. The van der Waals surface area contributed by atoms with E-state index < -0.39 is 0 Å². The maximum absolute atomic E-state index is 5.85. The number of hydrogen-bond donors (Lipinski definition) is 3. The summed E-state index contributed by atoms with van der Waals surface area (Å²) in [6, 6.07) is 16.0. The monoisotopic (exact) mass is 324 g/mol. The molecule has 0 atom stereocenters. The molecule has 0 aliphatic carbocycles. The normalized spacial score (nSPS) is 11.0. The first-order valence-corrected chi connectivity index (χ1v) is 7.49. The molecule has 0 saturated heterocycles. The Morgan fingerprint density at radius 1 is 1.26 bits per heavy atom. The standard InChI is InChI=1S/C17H16N4OS/c18-17(23)21-20-10-13-9-19-16-7-6-14(8-15(13)16)22-11-12-4-2-1-3-5-12/h1-10,19H,11H2,(H3,18,21,23)/b20-10-. The summed E-state index contributed by atoms with van der Waals surface area (Å²) in [7, 11) is 0. The molecular formula is C17H16N4OS. The molecule has 0 aliphatic heterocycles. The molecule has 0 radical (unpaired) electrons. The second-order valence-corrected chi connectivity index (χ2v) is 5.40. The fourth-order valence-corrected chi connectivity index (χ4v) is 2.28. The molecule has 4 N–H and O–H groups in total. The average molecular weight is 324 g/mol. The van der Waals surface area contributed by atoms with Crippen LogP contribution in [0.5, 0.6) is 5.75 Å². The summed E-state index contributed by atoms with van der Waals surface area (Å²) >= 11 is 4.71. The van der Waals surface area contributed by atoms with Crippen molar-refractivity contribution < 1.29 is 4.74 Å².